The third-order valence-corrected chi connectivity index (χ3v) is 4.71. The summed E-state index contributed by atoms with van der Waals surface area (Å²) in [6, 6.07) is 0. The van der Waals surface area contributed by atoms with Crippen LogP contribution in [0.3, 0.4) is 0 Å². The van der Waals surface area contributed by atoms with Crippen LogP contribution in [0.15, 0.2) is 5.10 Å². The van der Waals surface area contributed by atoms with Gasteiger partial charge in [-0.3, -0.25) is 0 Å². The normalized spacial score (nSPS) is 12.3. The summed E-state index contributed by atoms with van der Waals surface area (Å²) < 4.78 is 2.06. The molecule has 1 N–H and O–H groups in total. The molecule has 0 aliphatic carbocycles. The lowest BCUT2D eigenvalue weighted by Gasteiger charge is -2.06. The number of aromatic nitrogens is 2. The Balaban J connectivity index is 2.56. The fraction of sp³-hybridized carbons (Fsp3) is 0.471. The second kappa shape index (κ2) is 4.97. The smallest absolute Gasteiger partial charge is 0.0819 e. The highest BCUT2D eigenvalue weighted by atomic mass is 15.4. The molecule has 0 amide bonds. The molecule has 2 heterocycles. The first-order valence-electron chi connectivity index (χ1n) is 7.12. The van der Waals surface area contributed by atoms with E-state index < -0.39 is 0 Å². The van der Waals surface area contributed by atoms with Crippen LogP contribution >= 0.6 is 0 Å². The molecule has 0 unspecified atom stereocenters. The standard InChI is InChI=1S/C17H25N3/c1-9-12(4)17(18-13(9)5)14(6)19-20-15(7)10(2)11(3)16(20)8/h18H,1-8H3/b19-14-. The third-order valence-electron chi connectivity index (χ3n) is 4.71. The SMILES string of the molecule is C/C(=N/n1c(C)c(C)c(C)c1C)c1[nH]c(C)c(C)c1C. The van der Waals surface area contributed by atoms with E-state index in [4.69, 9.17) is 5.10 Å². The van der Waals surface area contributed by atoms with Crippen LogP contribution in [0.1, 0.15) is 52.0 Å². The average molecular weight is 271 g/mol. The van der Waals surface area contributed by atoms with E-state index in [9.17, 15) is 0 Å². The first kappa shape index (κ1) is 14.6. The van der Waals surface area contributed by atoms with Crippen LogP contribution in [0.5, 0.6) is 0 Å². The molecule has 20 heavy (non-hydrogen) atoms. The Bertz CT molecular complexity index is 671. The Morgan fingerprint density at radius 3 is 1.70 bits per heavy atom. The number of aromatic amines is 1. The molecule has 0 aliphatic heterocycles. The van der Waals surface area contributed by atoms with Crippen molar-refractivity contribution in [2.45, 2.75) is 55.4 Å². The number of rotatable bonds is 2. The maximum atomic E-state index is 4.83. The Hall–Kier alpha value is -1.77. The van der Waals surface area contributed by atoms with E-state index in [1.54, 1.807) is 0 Å². The van der Waals surface area contributed by atoms with Gasteiger partial charge in [0.05, 0.1) is 11.4 Å². The van der Waals surface area contributed by atoms with Crippen LogP contribution in [0.4, 0.5) is 0 Å². The summed E-state index contributed by atoms with van der Waals surface area (Å²) in [6.45, 7) is 17.1. The van der Waals surface area contributed by atoms with E-state index in [0.29, 0.717) is 0 Å². The lowest BCUT2D eigenvalue weighted by atomic mass is 10.1. The highest BCUT2D eigenvalue weighted by Crippen LogP contribution is 2.22. The molecule has 0 spiro atoms. The van der Waals surface area contributed by atoms with Crippen molar-refractivity contribution in [1.82, 2.24) is 9.66 Å². The monoisotopic (exact) mass is 271 g/mol. The second-order valence-corrected chi connectivity index (χ2v) is 5.79. The van der Waals surface area contributed by atoms with Crippen molar-refractivity contribution < 1.29 is 0 Å². The van der Waals surface area contributed by atoms with Crippen molar-refractivity contribution in [3.8, 4) is 0 Å². The van der Waals surface area contributed by atoms with Gasteiger partial charge in [-0.2, -0.15) is 5.10 Å². The molecule has 108 valence electrons. The van der Waals surface area contributed by atoms with Gasteiger partial charge < -0.3 is 4.98 Å². The van der Waals surface area contributed by atoms with Gasteiger partial charge in [0, 0.05) is 17.1 Å². The molecule has 0 saturated heterocycles. The maximum Gasteiger partial charge on any atom is 0.0819 e. The van der Waals surface area contributed by atoms with E-state index in [0.717, 1.165) is 11.4 Å². The predicted octanol–water partition coefficient (Wildman–Crippen LogP) is 4.25. The Morgan fingerprint density at radius 2 is 1.30 bits per heavy atom. The van der Waals surface area contributed by atoms with Crippen LogP contribution in [0.25, 0.3) is 0 Å². The van der Waals surface area contributed by atoms with Crippen molar-refractivity contribution in [1.29, 1.82) is 0 Å². The molecular formula is C17H25N3. The summed E-state index contributed by atoms with van der Waals surface area (Å²) >= 11 is 0. The molecule has 0 aromatic carbocycles. The number of nitrogens with one attached hydrogen (secondary N) is 1. The molecule has 0 fully saturated rings. The lowest BCUT2D eigenvalue weighted by Crippen LogP contribution is -2.04. The fourth-order valence-electron chi connectivity index (χ4n) is 2.67. The van der Waals surface area contributed by atoms with Gasteiger partial charge in [-0.1, -0.05) is 0 Å². The minimum absolute atomic E-state index is 1.03. The molecule has 0 atom stereocenters. The number of aryl methyl sites for hydroxylation is 1. The van der Waals surface area contributed by atoms with Crippen molar-refractivity contribution in [3.05, 3.63) is 45.0 Å². The van der Waals surface area contributed by atoms with Gasteiger partial charge in [0.2, 0.25) is 0 Å². The Morgan fingerprint density at radius 1 is 0.800 bits per heavy atom. The largest absolute Gasteiger partial charge is 0.357 e. The minimum atomic E-state index is 1.03. The number of H-pyrrole nitrogens is 1. The Kier molecular flexibility index (Phi) is 3.63. The average Bonchev–Trinajstić information content (AvgIpc) is 2.77. The molecule has 2 rings (SSSR count). The predicted molar refractivity (Wildman–Crippen MR) is 86.0 cm³/mol. The summed E-state index contributed by atoms with van der Waals surface area (Å²) in [5, 5.41) is 4.83. The lowest BCUT2D eigenvalue weighted by molar-refractivity contribution is 0.806. The van der Waals surface area contributed by atoms with E-state index in [1.165, 1.54) is 39.3 Å². The molecule has 3 heteroatoms. The molecule has 0 aliphatic rings. The van der Waals surface area contributed by atoms with Gasteiger partial charge in [-0.25, -0.2) is 4.68 Å². The van der Waals surface area contributed by atoms with Crippen molar-refractivity contribution >= 4 is 5.71 Å². The quantitative estimate of drug-likeness (QED) is 0.792. The van der Waals surface area contributed by atoms with Crippen LogP contribution in [0, 0.1) is 48.5 Å². The molecular weight excluding hydrogens is 246 g/mol. The number of nitrogens with zero attached hydrogens (tertiary/aromatic N) is 2. The summed E-state index contributed by atoms with van der Waals surface area (Å²) in [6.07, 6.45) is 0. The summed E-state index contributed by atoms with van der Waals surface area (Å²) in [5.74, 6) is 0. The highest BCUT2D eigenvalue weighted by Gasteiger charge is 2.13. The van der Waals surface area contributed by atoms with Gasteiger partial charge >= 0.3 is 0 Å². The Labute approximate surface area is 121 Å². The van der Waals surface area contributed by atoms with Crippen LogP contribution in [0.2, 0.25) is 0 Å². The van der Waals surface area contributed by atoms with Gasteiger partial charge in [0.1, 0.15) is 0 Å². The minimum Gasteiger partial charge on any atom is -0.357 e. The van der Waals surface area contributed by atoms with Crippen molar-refractivity contribution in [2.75, 3.05) is 0 Å². The zero-order valence-electron chi connectivity index (χ0n) is 13.9. The zero-order chi connectivity index (χ0) is 15.2. The van der Waals surface area contributed by atoms with Crippen molar-refractivity contribution in [3.63, 3.8) is 0 Å². The van der Waals surface area contributed by atoms with Crippen molar-refractivity contribution in [2.24, 2.45) is 5.10 Å². The first-order valence-corrected chi connectivity index (χ1v) is 7.12. The van der Waals surface area contributed by atoms with Gasteiger partial charge in [0.15, 0.2) is 0 Å². The van der Waals surface area contributed by atoms with E-state index in [-0.39, 0.29) is 0 Å². The van der Waals surface area contributed by atoms with E-state index in [2.05, 4.69) is 65.0 Å². The van der Waals surface area contributed by atoms with Gasteiger partial charge in [-0.15, -0.1) is 0 Å². The second-order valence-electron chi connectivity index (χ2n) is 5.79. The summed E-state index contributed by atoms with van der Waals surface area (Å²) in [4.78, 5) is 3.45. The number of hydrogen-bond acceptors (Lipinski definition) is 1. The summed E-state index contributed by atoms with van der Waals surface area (Å²) in [5.41, 5.74) is 11.1. The molecule has 2 aromatic heterocycles. The molecule has 0 saturated carbocycles. The first-order chi connectivity index (χ1) is 9.25. The third kappa shape index (κ3) is 2.11. The zero-order valence-corrected chi connectivity index (χ0v) is 13.9. The molecule has 0 bridgehead atoms. The van der Waals surface area contributed by atoms with Crippen LogP contribution in [-0.2, 0) is 0 Å². The topological polar surface area (TPSA) is 33.1 Å². The molecule has 2 aromatic rings. The van der Waals surface area contributed by atoms with E-state index in [1.807, 2.05) is 0 Å². The molecule has 3 nitrogen and oxygen atoms in total. The highest BCUT2D eigenvalue weighted by molar-refractivity contribution is 5.98. The van der Waals surface area contributed by atoms with Crippen LogP contribution in [-0.4, -0.2) is 15.4 Å². The van der Waals surface area contributed by atoms with Gasteiger partial charge in [0.25, 0.3) is 0 Å². The van der Waals surface area contributed by atoms with E-state index >= 15 is 0 Å². The summed E-state index contributed by atoms with van der Waals surface area (Å²) in [7, 11) is 0. The van der Waals surface area contributed by atoms with Crippen LogP contribution < -0.4 is 0 Å². The maximum absolute atomic E-state index is 4.83. The number of hydrogen-bond donors (Lipinski definition) is 1. The molecule has 0 radical (unpaired) electrons. The fourth-order valence-corrected chi connectivity index (χ4v) is 2.67. The van der Waals surface area contributed by atoms with Gasteiger partial charge in [-0.05, 0) is 77.6 Å².